The number of benzene rings is 1. The van der Waals surface area contributed by atoms with Crippen LogP contribution in [-0.2, 0) is 20.9 Å². The SMILES string of the molecule is CCn1c(C)cc(C(=O)OCC(=O)N(C)CC(=O)Nc2cccc(OC)c2)c1C. The Bertz CT molecular complexity index is 904. The molecule has 1 aromatic carbocycles. The largest absolute Gasteiger partial charge is 0.497 e. The first-order valence-electron chi connectivity index (χ1n) is 9.28. The molecule has 2 rings (SSSR count). The maximum absolute atomic E-state index is 12.3. The number of nitrogens with one attached hydrogen (secondary N) is 1. The van der Waals surface area contributed by atoms with E-state index in [2.05, 4.69) is 5.32 Å². The van der Waals surface area contributed by atoms with E-state index in [1.54, 1.807) is 30.3 Å². The van der Waals surface area contributed by atoms with Crippen molar-refractivity contribution in [1.29, 1.82) is 0 Å². The molecule has 29 heavy (non-hydrogen) atoms. The van der Waals surface area contributed by atoms with Crippen LogP contribution in [0.5, 0.6) is 5.75 Å². The van der Waals surface area contributed by atoms with Crippen LogP contribution in [0.4, 0.5) is 5.69 Å². The summed E-state index contributed by atoms with van der Waals surface area (Å²) in [4.78, 5) is 37.9. The molecule has 2 amide bonds. The Balaban J connectivity index is 1.87. The molecule has 8 nitrogen and oxygen atoms in total. The number of ether oxygens (including phenoxy) is 2. The molecular weight excluding hydrogens is 374 g/mol. The van der Waals surface area contributed by atoms with Gasteiger partial charge in [0, 0.05) is 36.7 Å². The van der Waals surface area contributed by atoms with Crippen molar-refractivity contribution >= 4 is 23.5 Å². The van der Waals surface area contributed by atoms with Crippen LogP contribution in [-0.4, -0.2) is 54.6 Å². The number of esters is 1. The highest BCUT2D eigenvalue weighted by Gasteiger charge is 2.19. The molecule has 0 aliphatic carbocycles. The highest BCUT2D eigenvalue weighted by Crippen LogP contribution is 2.17. The highest BCUT2D eigenvalue weighted by molar-refractivity contribution is 5.96. The number of anilines is 1. The molecule has 2 aromatic rings. The Labute approximate surface area is 170 Å². The van der Waals surface area contributed by atoms with Crippen LogP contribution in [0.25, 0.3) is 0 Å². The normalized spacial score (nSPS) is 10.4. The number of nitrogens with zero attached hydrogens (tertiary/aromatic N) is 2. The number of hydrogen-bond donors (Lipinski definition) is 1. The third-order valence-corrected chi connectivity index (χ3v) is 4.60. The Hall–Kier alpha value is -3.29. The van der Waals surface area contributed by atoms with Crippen molar-refractivity contribution in [3.8, 4) is 5.75 Å². The average molecular weight is 401 g/mol. The van der Waals surface area contributed by atoms with E-state index in [1.165, 1.54) is 19.1 Å². The maximum Gasteiger partial charge on any atom is 0.340 e. The summed E-state index contributed by atoms with van der Waals surface area (Å²) in [6.07, 6.45) is 0. The van der Waals surface area contributed by atoms with Crippen LogP contribution in [0.3, 0.4) is 0 Å². The van der Waals surface area contributed by atoms with Gasteiger partial charge in [-0.15, -0.1) is 0 Å². The lowest BCUT2D eigenvalue weighted by Crippen LogP contribution is -2.37. The van der Waals surface area contributed by atoms with E-state index < -0.39 is 18.5 Å². The smallest absolute Gasteiger partial charge is 0.340 e. The third-order valence-electron chi connectivity index (χ3n) is 4.60. The summed E-state index contributed by atoms with van der Waals surface area (Å²) in [5.41, 5.74) is 2.76. The molecular formula is C21H27N3O5. The number of hydrogen-bond acceptors (Lipinski definition) is 5. The molecule has 1 heterocycles. The molecule has 1 N–H and O–H groups in total. The molecule has 0 atom stereocenters. The second kappa shape index (κ2) is 9.77. The molecule has 156 valence electrons. The highest BCUT2D eigenvalue weighted by atomic mass is 16.5. The van der Waals surface area contributed by atoms with Crippen molar-refractivity contribution in [2.24, 2.45) is 0 Å². The molecule has 0 spiro atoms. The predicted molar refractivity (Wildman–Crippen MR) is 109 cm³/mol. The van der Waals surface area contributed by atoms with Gasteiger partial charge in [-0.1, -0.05) is 6.07 Å². The van der Waals surface area contributed by atoms with E-state index in [-0.39, 0.29) is 12.5 Å². The summed E-state index contributed by atoms with van der Waals surface area (Å²) in [6, 6.07) is 8.65. The number of carbonyl (C=O) groups is 3. The summed E-state index contributed by atoms with van der Waals surface area (Å²) < 4.78 is 12.2. The summed E-state index contributed by atoms with van der Waals surface area (Å²) in [5.74, 6) is -0.780. The standard InChI is InChI=1S/C21H27N3O5/c1-6-24-14(2)10-18(15(24)3)21(27)29-13-20(26)23(4)12-19(25)22-16-8-7-9-17(11-16)28-5/h7-11H,6,12-13H2,1-5H3,(H,22,25). The minimum atomic E-state index is -0.555. The monoisotopic (exact) mass is 401 g/mol. The van der Waals surface area contributed by atoms with E-state index in [0.29, 0.717) is 17.0 Å². The summed E-state index contributed by atoms with van der Waals surface area (Å²) in [7, 11) is 3.01. The number of aromatic nitrogens is 1. The van der Waals surface area contributed by atoms with E-state index in [4.69, 9.17) is 9.47 Å². The topological polar surface area (TPSA) is 89.9 Å². The summed E-state index contributed by atoms with van der Waals surface area (Å²) >= 11 is 0. The van der Waals surface area contributed by atoms with E-state index in [9.17, 15) is 14.4 Å². The number of likely N-dealkylation sites (N-methyl/N-ethyl adjacent to an activating group) is 1. The Kier molecular flexibility index (Phi) is 7.41. The summed E-state index contributed by atoms with van der Waals surface area (Å²) in [6.45, 7) is 5.88. The molecule has 0 saturated heterocycles. The van der Waals surface area contributed by atoms with E-state index in [1.807, 2.05) is 25.3 Å². The van der Waals surface area contributed by atoms with Crippen LogP contribution in [0.1, 0.15) is 28.7 Å². The van der Waals surface area contributed by atoms with Gasteiger partial charge in [0.05, 0.1) is 19.2 Å². The lowest BCUT2D eigenvalue weighted by atomic mass is 10.2. The third kappa shape index (κ3) is 5.60. The van der Waals surface area contributed by atoms with Crippen molar-refractivity contribution in [2.75, 3.05) is 32.6 Å². The van der Waals surface area contributed by atoms with Crippen LogP contribution in [0, 0.1) is 13.8 Å². The number of amides is 2. The van der Waals surface area contributed by atoms with Crippen molar-refractivity contribution in [3.63, 3.8) is 0 Å². The Morgan fingerprint density at radius 1 is 1.17 bits per heavy atom. The van der Waals surface area contributed by atoms with Gasteiger partial charge in [0.1, 0.15) is 5.75 Å². The molecule has 0 bridgehead atoms. The van der Waals surface area contributed by atoms with Crippen LogP contribution in [0.15, 0.2) is 30.3 Å². The molecule has 8 heteroatoms. The molecule has 0 aliphatic rings. The molecule has 1 aromatic heterocycles. The van der Waals surface area contributed by atoms with E-state index >= 15 is 0 Å². The Morgan fingerprint density at radius 3 is 2.52 bits per heavy atom. The molecule has 0 saturated carbocycles. The number of rotatable bonds is 8. The zero-order chi connectivity index (χ0) is 21.6. The molecule has 0 fully saturated rings. The first-order valence-corrected chi connectivity index (χ1v) is 9.28. The molecule has 0 aliphatic heterocycles. The fourth-order valence-electron chi connectivity index (χ4n) is 3.01. The van der Waals surface area contributed by atoms with E-state index in [0.717, 1.165) is 17.9 Å². The number of methoxy groups -OCH3 is 1. The van der Waals surface area contributed by atoms with Crippen molar-refractivity contribution in [2.45, 2.75) is 27.3 Å². The second-order valence-electron chi connectivity index (χ2n) is 6.64. The van der Waals surface area contributed by atoms with Crippen molar-refractivity contribution < 1.29 is 23.9 Å². The molecule has 0 unspecified atom stereocenters. The van der Waals surface area contributed by atoms with Gasteiger partial charge in [-0.2, -0.15) is 0 Å². The van der Waals surface area contributed by atoms with Crippen molar-refractivity contribution in [1.82, 2.24) is 9.47 Å². The van der Waals surface area contributed by atoms with Gasteiger partial charge in [0.15, 0.2) is 6.61 Å². The van der Waals surface area contributed by atoms with Crippen molar-refractivity contribution in [3.05, 3.63) is 47.3 Å². The fraction of sp³-hybridized carbons (Fsp3) is 0.381. The second-order valence-corrected chi connectivity index (χ2v) is 6.64. The van der Waals surface area contributed by atoms with Crippen LogP contribution in [0.2, 0.25) is 0 Å². The quantitative estimate of drug-likeness (QED) is 0.686. The number of aryl methyl sites for hydroxylation is 1. The first kappa shape index (κ1) is 22.0. The van der Waals surface area contributed by atoms with Gasteiger partial charge in [-0.05, 0) is 39.0 Å². The van der Waals surface area contributed by atoms with Gasteiger partial charge in [0.25, 0.3) is 5.91 Å². The minimum Gasteiger partial charge on any atom is -0.497 e. The zero-order valence-electron chi connectivity index (χ0n) is 17.4. The van der Waals surface area contributed by atoms with Crippen LogP contribution >= 0.6 is 0 Å². The lowest BCUT2D eigenvalue weighted by molar-refractivity contribution is -0.136. The summed E-state index contributed by atoms with van der Waals surface area (Å²) in [5, 5.41) is 2.69. The van der Waals surface area contributed by atoms with Gasteiger partial charge in [0.2, 0.25) is 5.91 Å². The molecule has 0 radical (unpaired) electrons. The fourth-order valence-corrected chi connectivity index (χ4v) is 3.01. The first-order chi connectivity index (χ1) is 13.8. The Morgan fingerprint density at radius 2 is 1.90 bits per heavy atom. The van der Waals surface area contributed by atoms with Crippen LogP contribution < -0.4 is 10.1 Å². The minimum absolute atomic E-state index is 0.169. The van der Waals surface area contributed by atoms with Gasteiger partial charge in [-0.3, -0.25) is 9.59 Å². The number of carbonyl (C=O) groups excluding carboxylic acids is 3. The maximum atomic E-state index is 12.3. The predicted octanol–water partition coefficient (Wildman–Crippen LogP) is 2.39. The lowest BCUT2D eigenvalue weighted by Gasteiger charge is -2.17. The van der Waals surface area contributed by atoms with Gasteiger partial charge < -0.3 is 24.3 Å². The zero-order valence-corrected chi connectivity index (χ0v) is 17.4. The van der Waals surface area contributed by atoms with Gasteiger partial charge >= 0.3 is 5.97 Å². The van der Waals surface area contributed by atoms with Gasteiger partial charge in [-0.25, -0.2) is 4.79 Å². The average Bonchev–Trinajstić information content (AvgIpc) is 2.99.